The van der Waals surface area contributed by atoms with Crippen molar-refractivity contribution in [2.45, 2.75) is 6.92 Å². The highest BCUT2D eigenvalue weighted by molar-refractivity contribution is 6.34. The number of aromatic nitrogens is 4. The lowest BCUT2D eigenvalue weighted by Gasteiger charge is -2.21. The van der Waals surface area contributed by atoms with E-state index in [2.05, 4.69) is 64.8 Å². The van der Waals surface area contributed by atoms with E-state index in [1.54, 1.807) is 0 Å². The zero-order chi connectivity index (χ0) is 34.2. The molecule has 0 aliphatic rings. The lowest BCUT2D eigenvalue weighted by Crippen LogP contribution is -2.16. The zero-order valence-corrected chi connectivity index (χ0v) is 29.2. The quantitative estimate of drug-likeness (QED) is 0.165. The summed E-state index contributed by atoms with van der Waals surface area (Å²) in [6.45, 7) is 2.07. The van der Waals surface area contributed by atoms with Gasteiger partial charge in [-0.25, -0.2) is 19.3 Å². The van der Waals surface area contributed by atoms with Crippen LogP contribution in [0.15, 0.2) is 158 Å². The molecule has 0 bridgehead atoms. The van der Waals surface area contributed by atoms with E-state index in [-0.39, 0.29) is 0 Å². The Hall–Kier alpha value is -5.39. The molecule has 8 rings (SSSR count). The van der Waals surface area contributed by atoms with Crippen LogP contribution < -0.4 is 0 Å². The predicted octanol–water partition coefficient (Wildman–Crippen LogP) is 12.7. The fourth-order valence-corrected chi connectivity index (χ4v) is 6.97. The van der Waals surface area contributed by atoms with Gasteiger partial charge in [0, 0.05) is 33.4 Å². The van der Waals surface area contributed by atoms with Gasteiger partial charge in [-0.1, -0.05) is 168 Å². The molecule has 0 atom stereocenters. The third-order valence-electron chi connectivity index (χ3n) is 8.69. The van der Waals surface area contributed by atoms with Gasteiger partial charge in [0.05, 0.1) is 32.1 Å². The zero-order valence-electron chi connectivity index (χ0n) is 26.9. The van der Waals surface area contributed by atoms with E-state index in [0.29, 0.717) is 26.7 Å². The average Bonchev–Trinajstić information content (AvgIpc) is 3.73. The molecule has 0 unspecified atom stereocenters. The summed E-state index contributed by atoms with van der Waals surface area (Å²) in [7, 11) is 0. The van der Waals surface area contributed by atoms with Gasteiger partial charge in [-0.15, -0.1) is 0 Å². The lowest BCUT2D eigenvalue weighted by atomic mass is 10.0. The van der Waals surface area contributed by atoms with Crippen molar-refractivity contribution >= 4 is 34.8 Å². The van der Waals surface area contributed by atoms with Gasteiger partial charge in [-0.2, -0.15) is 0 Å². The smallest absolute Gasteiger partial charge is 0.162 e. The summed E-state index contributed by atoms with van der Waals surface area (Å²) in [5.41, 5.74) is 9.45. The molecule has 0 aliphatic heterocycles. The molecule has 0 aliphatic carbocycles. The molecule has 0 N–H and O–H groups in total. The fraction of sp³-hybridized carbons (Fsp3) is 0.0233. The molecule has 0 fully saturated rings. The molecular weight excluding hydrogens is 679 g/mol. The highest BCUT2D eigenvalue weighted by atomic mass is 35.5. The summed E-state index contributed by atoms with van der Waals surface area (Å²) in [4.78, 5) is 10.9. The van der Waals surface area contributed by atoms with Crippen LogP contribution in [0.1, 0.15) is 5.56 Å². The molecule has 7 heteroatoms. The molecule has 8 aromatic rings. The maximum absolute atomic E-state index is 7.12. The van der Waals surface area contributed by atoms with Gasteiger partial charge < -0.3 is 0 Å². The van der Waals surface area contributed by atoms with E-state index < -0.39 is 0 Å². The van der Waals surface area contributed by atoms with E-state index >= 15 is 0 Å². The van der Waals surface area contributed by atoms with Crippen LogP contribution in [-0.2, 0) is 0 Å². The number of nitrogens with zero attached hydrogens (tertiary/aromatic N) is 4. The first kappa shape index (κ1) is 31.9. The summed E-state index contributed by atoms with van der Waals surface area (Å²) in [6.07, 6.45) is 0. The summed E-state index contributed by atoms with van der Waals surface area (Å²) in [5.74, 6) is 1.24. The molecule has 0 amide bonds. The summed E-state index contributed by atoms with van der Waals surface area (Å²) in [6, 6.07) is 52.2. The molecule has 0 saturated carbocycles. The number of halogens is 3. The molecule has 6 aromatic carbocycles. The molecule has 0 radical (unpaired) electrons. The maximum Gasteiger partial charge on any atom is 0.162 e. The Labute approximate surface area is 305 Å². The van der Waals surface area contributed by atoms with E-state index in [0.717, 1.165) is 61.7 Å². The van der Waals surface area contributed by atoms with Gasteiger partial charge in [0.1, 0.15) is 5.69 Å². The van der Waals surface area contributed by atoms with Crippen molar-refractivity contribution < 1.29 is 0 Å². The minimum Gasteiger partial charge on any atom is -0.226 e. The number of benzene rings is 6. The van der Waals surface area contributed by atoms with Gasteiger partial charge in [0.15, 0.2) is 11.6 Å². The van der Waals surface area contributed by atoms with Crippen LogP contribution in [0.25, 0.3) is 67.8 Å². The molecule has 0 saturated heterocycles. The third kappa shape index (κ3) is 5.72. The van der Waals surface area contributed by atoms with Crippen molar-refractivity contribution in [3.8, 4) is 67.8 Å². The maximum atomic E-state index is 7.12. The van der Waals surface area contributed by atoms with Crippen LogP contribution in [0.3, 0.4) is 0 Å². The van der Waals surface area contributed by atoms with Gasteiger partial charge in [-0.05, 0) is 37.3 Å². The predicted molar refractivity (Wildman–Crippen MR) is 208 cm³/mol. The second kappa shape index (κ2) is 13.5. The molecular formula is C43H29Cl3N4. The molecule has 242 valence electrons. The summed E-state index contributed by atoms with van der Waals surface area (Å²) >= 11 is 21.2. The summed E-state index contributed by atoms with van der Waals surface area (Å²) in [5, 5.41) is 1.70. The van der Waals surface area contributed by atoms with E-state index in [1.165, 1.54) is 0 Å². The van der Waals surface area contributed by atoms with Gasteiger partial charge >= 0.3 is 0 Å². The van der Waals surface area contributed by atoms with E-state index in [1.807, 2.05) is 109 Å². The molecule has 2 heterocycles. The Bertz CT molecular complexity index is 2470. The Morgan fingerprint density at radius 3 is 1.26 bits per heavy atom. The number of imidazole rings is 2. The minimum absolute atomic E-state index is 0.559. The van der Waals surface area contributed by atoms with Gasteiger partial charge in [0.25, 0.3) is 0 Å². The Kier molecular flexibility index (Phi) is 8.59. The van der Waals surface area contributed by atoms with Crippen LogP contribution in [0.2, 0.25) is 15.1 Å². The van der Waals surface area contributed by atoms with Gasteiger partial charge in [-0.3, -0.25) is 0 Å². The van der Waals surface area contributed by atoms with Crippen LogP contribution in [0.5, 0.6) is 0 Å². The first-order chi connectivity index (χ1) is 24.5. The second-order valence-electron chi connectivity index (χ2n) is 11.9. The number of aryl methyl sites for hydroxylation is 1. The van der Waals surface area contributed by atoms with Crippen LogP contribution in [0, 0.1) is 6.92 Å². The van der Waals surface area contributed by atoms with Crippen LogP contribution in [-0.4, -0.2) is 19.3 Å². The van der Waals surface area contributed by atoms with Crippen molar-refractivity contribution in [2.75, 3.05) is 0 Å². The fourth-order valence-electron chi connectivity index (χ4n) is 6.31. The first-order valence-electron chi connectivity index (χ1n) is 16.2. The number of hydrogen-bond acceptors (Lipinski definition) is 2. The highest BCUT2D eigenvalue weighted by Gasteiger charge is 2.31. The van der Waals surface area contributed by atoms with Crippen LogP contribution in [0.4, 0.5) is 0 Å². The third-order valence-corrected chi connectivity index (χ3v) is 9.68. The standard InChI is InChI=1S/C43H29Cl3N4/c1-28-24-26-30(27-25-28)39-41(32-18-8-11-21-35(32)44)50(43(48-39)34-20-10-13-23-37(34)46)49-40(31-16-6-3-7-17-31)38(29-14-4-2-5-15-29)47-42(49)33-19-9-12-22-36(33)45/h2-27H,1H3. The van der Waals surface area contributed by atoms with E-state index in [9.17, 15) is 0 Å². The molecule has 4 nitrogen and oxygen atoms in total. The minimum atomic E-state index is 0.559. The summed E-state index contributed by atoms with van der Waals surface area (Å²) < 4.78 is 4.24. The SMILES string of the molecule is Cc1ccc(-c2nc(-c3ccccc3Cl)n(-n3c(-c4ccccc4Cl)nc(-c4ccccc4)c3-c3ccccc3)c2-c2ccccc2Cl)cc1. The molecule has 50 heavy (non-hydrogen) atoms. The van der Waals surface area contributed by atoms with Crippen molar-refractivity contribution in [1.29, 1.82) is 0 Å². The van der Waals surface area contributed by atoms with Crippen molar-refractivity contribution in [3.63, 3.8) is 0 Å². The lowest BCUT2D eigenvalue weighted by molar-refractivity contribution is 0.687. The number of hydrogen-bond donors (Lipinski definition) is 0. The monoisotopic (exact) mass is 706 g/mol. The molecule has 0 spiro atoms. The van der Waals surface area contributed by atoms with Gasteiger partial charge in [0.2, 0.25) is 0 Å². The van der Waals surface area contributed by atoms with E-state index in [4.69, 9.17) is 44.8 Å². The van der Waals surface area contributed by atoms with Crippen molar-refractivity contribution in [1.82, 2.24) is 19.3 Å². The van der Waals surface area contributed by atoms with Crippen molar-refractivity contribution in [3.05, 3.63) is 178 Å². The Morgan fingerprint density at radius 1 is 0.380 bits per heavy atom. The Balaban J connectivity index is 1.63. The van der Waals surface area contributed by atoms with Crippen molar-refractivity contribution in [2.24, 2.45) is 0 Å². The first-order valence-corrected chi connectivity index (χ1v) is 17.3. The topological polar surface area (TPSA) is 35.6 Å². The second-order valence-corrected chi connectivity index (χ2v) is 13.1. The number of rotatable bonds is 7. The van der Waals surface area contributed by atoms with Crippen LogP contribution >= 0.6 is 34.8 Å². The normalized spacial score (nSPS) is 11.2. The largest absolute Gasteiger partial charge is 0.226 e. The Morgan fingerprint density at radius 2 is 0.760 bits per heavy atom. The average molecular weight is 708 g/mol. The molecule has 2 aromatic heterocycles. The highest BCUT2D eigenvalue weighted by Crippen LogP contribution is 2.45.